The molecule has 2 heterocycles. The van der Waals surface area contributed by atoms with Gasteiger partial charge in [0.25, 0.3) is 0 Å². The third-order valence-electron chi connectivity index (χ3n) is 5.05. The Morgan fingerprint density at radius 3 is 2.31 bits per heavy atom. The van der Waals surface area contributed by atoms with Gasteiger partial charge in [0.05, 0.1) is 11.4 Å². The smallest absolute Gasteiger partial charge is 0.390 e. The van der Waals surface area contributed by atoms with Crippen LogP contribution in [-0.4, -0.2) is 46.4 Å². The van der Waals surface area contributed by atoms with Crippen molar-refractivity contribution >= 4 is 29.2 Å². The summed E-state index contributed by atoms with van der Waals surface area (Å²) >= 11 is 12.1. The van der Waals surface area contributed by atoms with Crippen LogP contribution in [0.2, 0.25) is 10.0 Å². The molecule has 4 rings (SSSR count). The van der Waals surface area contributed by atoms with Crippen LogP contribution in [0.5, 0.6) is 0 Å². The quantitative estimate of drug-likeness (QED) is 0.355. The maximum absolute atomic E-state index is 13.0. The van der Waals surface area contributed by atoms with E-state index in [4.69, 9.17) is 23.2 Å². The second kappa shape index (κ2) is 10.2. The summed E-state index contributed by atoms with van der Waals surface area (Å²) in [5, 5.41) is 18.4. The lowest BCUT2D eigenvalue weighted by Gasteiger charge is -2.08. The number of nitrogens with zero attached hydrogens (tertiary/aromatic N) is 6. The van der Waals surface area contributed by atoms with E-state index in [1.54, 1.807) is 24.3 Å². The molecule has 0 aliphatic carbocycles. The highest BCUT2D eigenvalue weighted by Crippen LogP contribution is 2.27. The minimum absolute atomic E-state index is 0.0113. The number of hydrogen-bond donors (Lipinski definition) is 1. The van der Waals surface area contributed by atoms with Crippen LogP contribution in [0.25, 0.3) is 22.8 Å². The van der Waals surface area contributed by atoms with Crippen molar-refractivity contribution in [2.75, 3.05) is 0 Å². The fraction of sp³-hybridized carbons (Fsp3) is 0.227. The van der Waals surface area contributed by atoms with Crippen LogP contribution >= 0.6 is 23.2 Å². The van der Waals surface area contributed by atoms with Gasteiger partial charge in [0.1, 0.15) is 13.1 Å². The summed E-state index contributed by atoms with van der Waals surface area (Å²) in [7, 11) is 0. The van der Waals surface area contributed by atoms with Gasteiger partial charge in [0.2, 0.25) is 0 Å². The van der Waals surface area contributed by atoms with Crippen LogP contribution < -0.4 is 5.69 Å². The molecule has 0 fully saturated rings. The number of rotatable bonds is 8. The molecule has 0 unspecified atom stereocenters. The summed E-state index contributed by atoms with van der Waals surface area (Å²) in [6.07, 6.45) is -5.72. The zero-order valence-electron chi connectivity index (χ0n) is 18.3. The van der Waals surface area contributed by atoms with Gasteiger partial charge in [-0.25, -0.2) is 19.1 Å². The first-order valence-electron chi connectivity index (χ1n) is 10.4. The van der Waals surface area contributed by atoms with Gasteiger partial charge in [-0.3, -0.25) is 9.36 Å². The van der Waals surface area contributed by atoms with Crippen LogP contribution in [0.3, 0.4) is 0 Å². The van der Waals surface area contributed by atoms with Gasteiger partial charge in [-0.2, -0.15) is 18.3 Å². The standard InChI is InChI=1S/C22H17Cl2F3N6O3/c23-14-7-5-13(6-8-14)19-30-33(21(36)31(19)10-9-22(25,26)27)11-17-28-20(32(29-17)12-18(34)35)15-3-1-2-4-16(15)24/h1-8H,9-12H2,(H,34,35). The molecule has 0 saturated heterocycles. The molecular weight excluding hydrogens is 524 g/mol. The number of halogens is 5. The van der Waals surface area contributed by atoms with E-state index in [2.05, 4.69) is 15.2 Å². The molecule has 0 saturated carbocycles. The van der Waals surface area contributed by atoms with E-state index >= 15 is 0 Å². The summed E-state index contributed by atoms with van der Waals surface area (Å²) in [6, 6.07) is 12.7. The molecule has 0 radical (unpaired) electrons. The average molecular weight is 541 g/mol. The van der Waals surface area contributed by atoms with E-state index in [1.165, 1.54) is 24.3 Å². The van der Waals surface area contributed by atoms with Gasteiger partial charge in [-0.05, 0) is 36.4 Å². The highest BCUT2D eigenvalue weighted by molar-refractivity contribution is 6.33. The number of hydrogen-bond acceptors (Lipinski definition) is 5. The summed E-state index contributed by atoms with van der Waals surface area (Å²) in [6.45, 7) is -1.49. The summed E-state index contributed by atoms with van der Waals surface area (Å²) in [4.78, 5) is 28.7. The molecule has 4 aromatic rings. The lowest BCUT2D eigenvalue weighted by molar-refractivity contribution is -0.138. The predicted molar refractivity (Wildman–Crippen MR) is 125 cm³/mol. The molecule has 2 aromatic heterocycles. The highest BCUT2D eigenvalue weighted by atomic mass is 35.5. The van der Waals surface area contributed by atoms with E-state index in [9.17, 15) is 27.9 Å². The van der Waals surface area contributed by atoms with Gasteiger partial charge in [0.15, 0.2) is 17.5 Å². The number of carboxylic acid groups (broad SMARTS) is 1. The molecule has 0 amide bonds. The van der Waals surface area contributed by atoms with Gasteiger partial charge in [-0.1, -0.05) is 35.3 Å². The second-order valence-corrected chi connectivity index (χ2v) is 8.51. The first kappa shape index (κ1) is 25.5. The zero-order valence-corrected chi connectivity index (χ0v) is 19.8. The van der Waals surface area contributed by atoms with Crippen molar-refractivity contribution in [1.82, 2.24) is 29.1 Å². The van der Waals surface area contributed by atoms with Crippen LogP contribution in [0.4, 0.5) is 13.2 Å². The number of aromatic nitrogens is 6. The Balaban J connectivity index is 1.75. The van der Waals surface area contributed by atoms with E-state index in [1.807, 2.05) is 0 Å². The van der Waals surface area contributed by atoms with E-state index in [-0.39, 0.29) is 24.0 Å². The minimum atomic E-state index is -4.49. The Labute approximate surface area is 211 Å². The molecule has 0 spiro atoms. The van der Waals surface area contributed by atoms with Crippen LogP contribution in [0.1, 0.15) is 12.2 Å². The Kier molecular flexibility index (Phi) is 7.18. The lowest BCUT2D eigenvalue weighted by Crippen LogP contribution is -2.27. The maximum atomic E-state index is 13.0. The van der Waals surface area contributed by atoms with E-state index in [0.717, 1.165) is 13.9 Å². The van der Waals surface area contributed by atoms with Crippen molar-refractivity contribution in [1.29, 1.82) is 0 Å². The molecule has 0 atom stereocenters. The third-order valence-corrected chi connectivity index (χ3v) is 5.63. The Hall–Kier alpha value is -3.64. The predicted octanol–water partition coefficient (Wildman–Crippen LogP) is 4.36. The van der Waals surface area contributed by atoms with E-state index < -0.39 is 37.3 Å². The van der Waals surface area contributed by atoms with Crippen molar-refractivity contribution in [2.45, 2.75) is 32.2 Å². The van der Waals surface area contributed by atoms with Crippen molar-refractivity contribution in [3.05, 3.63) is 74.9 Å². The number of carboxylic acids is 1. The highest BCUT2D eigenvalue weighted by Gasteiger charge is 2.29. The molecule has 36 heavy (non-hydrogen) atoms. The van der Waals surface area contributed by atoms with Crippen LogP contribution in [-0.2, 0) is 24.4 Å². The van der Waals surface area contributed by atoms with Gasteiger partial charge in [-0.15, -0.1) is 5.10 Å². The molecule has 2 aromatic carbocycles. The molecule has 188 valence electrons. The molecular formula is C22H17Cl2F3N6O3. The van der Waals surface area contributed by atoms with E-state index in [0.29, 0.717) is 21.2 Å². The molecule has 0 aliphatic rings. The van der Waals surface area contributed by atoms with Crippen molar-refractivity contribution in [3.63, 3.8) is 0 Å². The average Bonchev–Trinajstić information content (AvgIpc) is 3.33. The van der Waals surface area contributed by atoms with Crippen molar-refractivity contribution < 1.29 is 23.1 Å². The topological polar surface area (TPSA) is 108 Å². The van der Waals surface area contributed by atoms with Gasteiger partial charge in [0, 0.05) is 22.7 Å². The first-order chi connectivity index (χ1) is 17.0. The normalized spacial score (nSPS) is 11.7. The largest absolute Gasteiger partial charge is 0.480 e. The van der Waals surface area contributed by atoms with Crippen LogP contribution in [0.15, 0.2) is 53.3 Å². The number of carbonyl (C=O) groups is 1. The fourth-order valence-electron chi connectivity index (χ4n) is 3.47. The third kappa shape index (κ3) is 5.77. The molecule has 0 bridgehead atoms. The maximum Gasteiger partial charge on any atom is 0.390 e. The fourth-order valence-corrected chi connectivity index (χ4v) is 3.81. The second-order valence-electron chi connectivity index (χ2n) is 7.67. The van der Waals surface area contributed by atoms with Crippen molar-refractivity contribution in [2.24, 2.45) is 0 Å². The SMILES string of the molecule is O=C(O)Cn1nc(Cn2nc(-c3ccc(Cl)cc3)n(CCC(F)(F)F)c2=O)nc1-c1ccccc1Cl. The van der Waals surface area contributed by atoms with Crippen LogP contribution in [0, 0.1) is 0 Å². The summed E-state index contributed by atoms with van der Waals surface area (Å²) in [5.74, 6) is -0.993. The number of alkyl halides is 3. The van der Waals surface area contributed by atoms with Crippen molar-refractivity contribution in [3.8, 4) is 22.8 Å². The lowest BCUT2D eigenvalue weighted by atomic mass is 10.2. The monoisotopic (exact) mass is 540 g/mol. The molecule has 1 N–H and O–H groups in total. The zero-order chi connectivity index (χ0) is 26.0. The molecule has 0 aliphatic heterocycles. The van der Waals surface area contributed by atoms with Gasteiger partial charge < -0.3 is 5.11 Å². The molecule has 9 nitrogen and oxygen atoms in total. The summed E-state index contributed by atoms with van der Waals surface area (Å²) < 4.78 is 41.7. The minimum Gasteiger partial charge on any atom is -0.480 e. The Morgan fingerprint density at radius 2 is 1.67 bits per heavy atom. The first-order valence-corrected chi connectivity index (χ1v) is 11.2. The molecule has 14 heteroatoms. The Morgan fingerprint density at radius 1 is 0.972 bits per heavy atom. The Bertz CT molecular complexity index is 1460. The number of benzene rings is 2. The van der Waals surface area contributed by atoms with Gasteiger partial charge >= 0.3 is 17.8 Å². The summed E-state index contributed by atoms with van der Waals surface area (Å²) in [5.41, 5.74) is 0.000646. The number of aliphatic carboxylic acids is 1.